The van der Waals surface area contributed by atoms with Gasteiger partial charge in [-0.1, -0.05) is 32.1 Å². The second-order valence-corrected chi connectivity index (χ2v) is 6.89. The number of carbonyl (C=O) groups is 2. The first-order valence-electron chi connectivity index (χ1n) is 8.48. The first-order chi connectivity index (χ1) is 10.2. The van der Waals surface area contributed by atoms with Crippen molar-refractivity contribution in [2.45, 2.75) is 82.3 Å². The first-order valence-corrected chi connectivity index (χ1v) is 8.48. The summed E-state index contributed by atoms with van der Waals surface area (Å²) in [6.07, 6.45) is 10.6. The van der Waals surface area contributed by atoms with E-state index in [9.17, 15) is 14.7 Å². The van der Waals surface area contributed by atoms with E-state index in [0.29, 0.717) is 12.3 Å². The summed E-state index contributed by atoms with van der Waals surface area (Å²) in [6, 6.07) is -0.378. The summed E-state index contributed by atoms with van der Waals surface area (Å²) >= 11 is 0. The fourth-order valence-electron chi connectivity index (χ4n) is 4.47. The molecule has 3 rings (SSSR count). The molecule has 2 amide bonds. The quantitative estimate of drug-likeness (QED) is 0.822. The predicted molar refractivity (Wildman–Crippen MR) is 79.0 cm³/mol. The van der Waals surface area contributed by atoms with Crippen molar-refractivity contribution in [3.63, 3.8) is 0 Å². The Morgan fingerprint density at radius 3 is 2.33 bits per heavy atom. The molecule has 1 heterocycles. The van der Waals surface area contributed by atoms with Crippen LogP contribution in [0.2, 0.25) is 0 Å². The second kappa shape index (κ2) is 6.24. The van der Waals surface area contributed by atoms with E-state index in [4.69, 9.17) is 0 Å². The van der Waals surface area contributed by atoms with Gasteiger partial charge in [0, 0.05) is 12.1 Å². The normalized spacial score (nSPS) is 33.5. The maximum atomic E-state index is 12.6. The third-order valence-corrected chi connectivity index (χ3v) is 5.54. The van der Waals surface area contributed by atoms with Crippen LogP contribution in [0.15, 0.2) is 0 Å². The van der Waals surface area contributed by atoms with Gasteiger partial charge in [-0.25, -0.2) is 9.59 Å². The number of nitrogens with one attached hydrogen (secondary N) is 1. The van der Waals surface area contributed by atoms with Crippen LogP contribution in [0.5, 0.6) is 0 Å². The lowest BCUT2D eigenvalue weighted by atomic mass is 9.85. The fourth-order valence-corrected chi connectivity index (χ4v) is 4.47. The highest BCUT2D eigenvalue weighted by Crippen LogP contribution is 2.39. The Hall–Kier alpha value is -1.26. The number of fused-ring (bicyclic) bond motifs is 1. The molecular weight excluding hydrogens is 268 g/mol. The van der Waals surface area contributed by atoms with Gasteiger partial charge in [-0.3, -0.25) is 0 Å². The number of hydrogen-bond donors (Lipinski definition) is 2. The Morgan fingerprint density at radius 1 is 0.952 bits per heavy atom. The largest absolute Gasteiger partial charge is 0.480 e. The molecule has 0 bridgehead atoms. The smallest absolute Gasteiger partial charge is 0.326 e. The van der Waals surface area contributed by atoms with Gasteiger partial charge in [-0.15, -0.1) is 0 Å². The number of amides is 2. The molecule has 1 saturated heterocycles. The maximum absolute atomic E-state index is 12.6. The van der Waals surface area contributed by atoms with Gasteiger partial charge in [0.05, 0.1) is 0 Å². The van der Waals surface area contributed by atoms with Crippen molar-refractivity contribution in [2.75, 3.05) is 0 Å². The molecule has 5 nitrogen and oxygen atoms in total. The van der Waals surface area contributed by atoms with Crippen molar-refractivity contribution in [3.8, 4) is 0 Å². The van der Waals surface area contributed by atoms with Gasteiger partial charge in [0.2, 0.25) is 0 Å². The topological polar surface area (TPSA) is 69.6 Å². The Balaban J connectivity index is 1.69. The third-order valence-electron chi connectivity index (χ3n) is 5.54. The zero-order chi connectivity index (χ0) is 14.8. The zero-order valence-corrected chi connectivity index (χ0v) is 12.6. The van der Waals surface area contributed by atoms with Crippen LogP contribution >= 0.6 is 0 Å². The van der Waals surface area contributed by atoms with Crippen LogP contribution in [0.4, 0.5) is 4.79 Å². The first kappa shape index (κ1) is 14.7. The Labute approximate surface area is 126 Å². The number of likely N-dealkylation sites (tertiary alicyclic amines) is 1. The molecule has 0 aromatic heterocycles. The highest BCUT2D eigenvalue weighted by atomic mass is 16.4. The maximum Gasteiger partial charge on any atom is 0.326 e. The number of nitrogens with zero attached hydrogens (tertiary/aromatic N) is 1. The van der Waals surface area contributed by atoms with Crippen molar-refractivity contribution >= 4 is 12.0 Å². The lowest BCUT2D eigenvalue weighted by Crippen LogP contribution is -2.53. The molecule has 3 fully saturated rings. The summed E-state index contributed by atoms with van der Waals surface area (Å²) in [5.74, 6) is -0.458. The Morgan fingerprint density at radius 2 is 1.62 bits per heavy atom. The molecule has 2 N–H and O–H groups in total. The van der Waals surface area contributed by atoms with Crippen molar-refractivity contribution in [3.05, 3.63) is 0 Å². The van der Waals surface area contributed by atoms with Crippen molar-refractivity contribution in [1.82, 2.24) is 10.2 Å². The monoisotopic (exact) mass is 294 g/mol. The van der Waals surface area contributed by atoms with Crippen LogP contribution in [-0.2, 0) is 4.79 Å². The van der Waals surface area contributed by atoms with Crippen LogP contribution < -0.4 is 5.32 Å². The van der Waals surface area contributed by atoms with Crippen LogP contribution in [0.25, 0.3) is 0 Å². The molecule has 3 atom stereocenters. The van der Waals surface area contributed by atoms with Crippen molar-refractivity contribution in [2.24, 2.45) is 5.92 Å². The third kappa shape index (κ3) is 3.01. The van der Waals surface area contributed by atoms with Crippen LogP contribution in [0, 0.1) is 5.92 Å². The van der Waals surface area contributed by atoms with Gasteiger partial charge in [0.15, 0.2) is 0 Å². The average Bonchev–Trinajstić information content (AvgIpc) is 2.88. The van der Waals surface area contributed by atoms with E-state index in [2.05, 4.69) is 5.32 Å². The molecule has 118 valence electrons. The van der Waals surface area contributed by atoms with Gasteiger partial charge in [0.1, 0.15) is 6.04 Å². The van der Waals surface area contributed by atoms with Gasteiger partial charge < -0.3 is 15.3 Å². The molecule has 0 spiro atoms. The fraction of sp³-hybridized carbons (Fsp3) is 0.875. The predicted octanol–water partition coefficient (Wildman–Crippen LogP) is 2.75. The molecule has 0 unspecified atom stereocenters. The van der Waals surface area contributed by atoms with Gasteiger partial charge in [0.25, 0.3) is 0 Å². The Bertz CT molecular complexity index is 406. The van der Waals surface area contributed by atoms with Gasteiger partial charge in [-0.05, 0) is 38.0 Å². The number of aliphatic carboxylic acids is 1. The van der Waals surface area contributed by atoms with Gasteiger partial charge >= 0.3 is 12.0 Å². The lowest BCUT2D eigenvalue weighted by molar-refractivity contribution is -0.141. The van der Waals surface area contributed by atoms with E-state index >= 15 is 0 Å². The minimum Gasteiger partial charge on any atom is -0.480 e. The molecule has 0 aromatic rings. The van der Waals surface area contributed by atoms with E-state index < -0.39 is 12.0 Å². The number of carboxylic acids is 1. The molecule has 1 aliphatic heterocycles. The summed E-state index contributed by atoms with van der Waals surface area (Å²) in [7, 11) is 0. The Kier molecular flexibility index (Phi) is 4.36. The molecular formula is C16H26N2O3. The SMILES string of the molecule is O=C(O)[C@H]1C[C@H]2CCCC[C@@H]2N1C(=O)NC1CCCCC1. The number of carbonyl (C=O) groups excluding carboxylic acids is 1. The standard InChI is InChI=1S/C16H26N2O3/c19-15(20)14-10-11-6-4-5-9-13(11)18(14)16(21)17-12-7-2-1-3-8-12/h11-14H,1-10H2,(H,17,21)(H,19,20)/t11-,13+,14-/m1/s1. The van der Waals surface area contributed by atoms with Crippen molar-refractivity contribution in [1.29, 1.82) is 0 Å². The van der Waals surface area contributed by atoms with Crippen LogP contribution in [0.1, 0.15) is 64.2 Å². The van der Waals surface area contributed by atoms with E-state index in [1.54, 1.807) is 4.90 Å². The number of carboxylic acid groups (broad SMARTS) is 1. The van der Waals surface area contributed by atoms with Crippen LogP contribution in [0.3, 0.4) is 0 Å². The van der Waals surface area contributed by atoms with E-state index in [0.717, 1.165) is 32.1 Å². The second-order valence-electron chi connectivity index (χ2n) is 6.89. The number of hydrogen-bond acceptors (Lipinski definition) is 2. The van der Waals surface area contributed by atoms with Gasteiger partial charge in [-0.2, -0.15) is 0 Å². The minimum atomic E-state index is -0.844. The number of urea groups is 1. The molecule has 2 saturated carbocycles. The molecule has 0 radical (unpaired) electrons. The highest BCUT2D eigenvalue weighted by Gasteiger charge is 2.47. The van der Waals surface area contributed by atoms with E-state index in [1.165, 1.54) is 25.7 Å². The van der Waals surface area contributed by atoms with E-state index in [1.807, 2.05) is 0 Å². The van der Waals surface area contributed by atoms with Crippen molar-refractivity contribution < 1.29 is 14.7 Å². The highest BCUT2D eigenvalue weighted by molar-refractivity contribution is 5.84. The molecule has 3 aliphatic rings. The summed E-state index contributed by atoms with van der Waals surface area (Å²) in [5, 5.41) is 12.6. The molecule has 0 aromatic carbocycles. The number of rotatable bonds is 2. The van der Waals surface area contributed by atoms with E-state index in [-0.39, 0.29) is 18.1 Å². The van der Waals surface area contributed by atoms with Crippen LogP contribution in [-0.4, -0.2) is 40.1 Å². The summed E-state index contributed by atoms with van der Waals surface area (Å²) in [5.41, 5.74) is 0. The molecule has 21 heavy (non-hydrogen) atoms. The average molecular weight is 294 g/mol. The zero-order valence-electron chi connectivity index (χ0n) is 12.6. The minimum absolute atomic E-state index is 0.135. The molecule has 5 heteroatoms. The lowest BCUT2D eigenvalue weighted by Gasteiger charge is -2.34. The molecule has 2 aliphatic carbocycles. The summed E-state index contributed by atoms with van der Waals surface area (Å²) in [6.45, 7) is 0. The summed E-state index contributed by atoms with van der Waals surface area (Å²) < 4.78 is 0. The summed E-state index contributed by atoms with van der Waals surface area (Å²) in [4.78, 5) is 25.8.